The van der Waals surface area contributed by atoms with Gasteiger partial charge in [-0.15, -0.1) is 0 Å². The number of rotatable bonds is 4. The number of benzene rings is 1. The van der Waals surface area contributed by atoms with Gasteiger partial charge in [0.1, 0.15) is 12.3 Å². The maximum absolute atomic E-state index is 11.8. The van der Waals surface area contributed by atoms with E-state index in [0.717, 1.165) is 0 Å². The normalized spacial score (nSPS) is 11.2. The highest BCUT2D eigenvalue weighted by Gasteiger charge is 2.27. The topological polar surface area (TPSA) is 64.3 Å². The van der Waals surface area contributed by atoms with Gasteiger partial charge < -0.3 is 15.8 Å². The lowest BCUT2D eigenvalue weighted by Gasteiger charge is -2.11. The number of carbonyl (C=O) groups excluding carboxylic acids is 1. The molecule has 19 heavy (non-hydrogen) atoms. The van der Waals surface area contributed by atoms with Crippen LogP contribution in [0.4, 0.5) is 18.9 Å². The van der Waals surface area contributed by atoms with Crippen LogP contribution in [-0.2, 0) is 4.79 Å². The fourth-order valence-corrected chi connectivity index (χ4v) is 1.39. The van der Waals surface area contributed by atoms with Gasteiger partial charge in [-0.3, -0.25) is 4.79 Å². The molecule has 0 spiro atoms. The van der Waals surface area contributed by atoms with Crippen molar-refractivity contribution in [3.05, 3.63) is 22.2 Å². The van der Waals surface area contributed by atoms with Crippen molar-refractivity contribution >= 4 is 34.8 Å². The molecule has 0 saturated carbocycles. The van der Waals surface area contributed by atoms with E-state index in [2.05, 4.69) is 0 Å². The highest BCUT2D eigenvalue weighted by molar-refractivity contribution is 6.42. The Labute approximate surface area is 116 Å². The number of carbonyl (C=O) groups is 1. The molecule has 0 saturated heterocycles. The number of halogens is 5. The van der Waals surface area contributed by atoms with E-state index in [1.54, 1.807) is 5.32 Å². The van der Waals surface area contributed by atoms with E-state index >= 15 is 0 Å². The van der Waals surface area contributed by atoms with Gasteiger partial charge in [0.2, 0.25) is 0 Å². The minimum atomic E-state index is -4.47. The lowest BCUT2D eigenvalue weighted by molar-refractivity contribution is -0.139. The summed E-state index contributed by atoms with van der Waals surface area (Å²) in [6.07, 6.45) is -4.47. The van der Waals surface area contributed by atoms with Gasteiger partial charge in [0.15, 0.2) is 6.61 Å². The third-order valence-electron chi connectivity index (χ3n) is 1.90. The lowest BCUT2D eigenvalue weighted by atomic mass is 10.3. The van der Waals surface area contributed by atoms with Crippen LogP contribution in [0.1, 0.15) is 0 Å². The van der Waals surface area contributed by atoms with Gasteiger partial charge >= 0.3 is 6.18 Å². The molecule has 1 aromatic carbocycles. The number of hydrogen-bond donors (Lipinski definition) is 2. The number of nitrogens with one attached hydrogen (secondary N) is 1. The number of nitrogens with two attached hydrogens (primary N) is 1. The SMILES string of the molecule is Nc1cc(Cl)c(Cl)cc1OCC(=O)NCC(F)(F)F. The molecule has 1 amide bonds. The van der Waals surface area contributed by atoms with Gasteiger partial charge in [-0.1, -0.05) is 23.2 Å². The zero-order chi connectivity index (χ0) is 14.6. The van der Waals surface area contributed by atoms with Crippen molar-refractivity contribution < 1.29 is 22.7 Å². The fourth-order valence-electron chi connectivity index (χ4n) is 1.06. The third-order valence-corrected chi connectivity index (χ3v) is 2.62. The lowest BCUT2D eigenvalue weighted by Crippen LogP contribution is -2.36. The fraction of sp³-hybridized carbons (Fsp3) is 0.300. The van der Waals surface area contributed by atoms with Crippen LogP contribution < -0.4 is 15.8 Å². The zero-order valence-corrected chi connectivity index (χ0v) is 10.9. The summed E-state index contributed by atoms with van der Waals surface area (Å²) >= 11 is 11.4. The van der Waals surface area contributed by atoms with E-state index in [1.165, 1.54) is 12.1 Å². The van der Waals surface area contributed by atoms with E-state index in [9.17, 15) is 18.0 Å². The van der Waals surface area contributed by atoms with E-state index < -0.39 is 25.2 Å². The Hall–Kier alpha value is -1.34. The van der Waals surface area contributed by atoms with Crippen LogP contribution in [0.2, 0.25) is 10.0 Å². The van der Waals surface area contributed by atoms with E-state index in [1.807, 2.05) is 0 Å². The van der Waals surface area contributed by atoms with Gasteiger partial charge in [-0.05, 0) is 6.07 Å². The third kappa shape index (κ3) is 5.44. The van der Waals surface area contributed by atoms with Crippen molar-refractivity contribution in [2.45, 2.75) is 6.18 Å². The Bertz CT molecular complexity index is 481. The first-order chi connectivity index (χ1) is 8.69. The van der Waals surface area contributed by atoms with Crippen LogP contribution in [0.25, 0.3) is 0 Å². The first-order valence-corrected chi connectivity index (χ1v) is 5.65. The number of nitrogen functional groups attached to an aromatic ring is 1. The molecule has 1 aromatic rings. The number of ether oxygens (including phenoxy) is 1. The highest BCUT2D eigenvalue weighted by Crippen LogP contribution is 2.32. The van der Waals surface area contributed by atoms with Gasteiger partial charge in [-0.25, -0.2) is 0 Å². The van der Waals surface area contributed by atoms with Crippen molar-refractivity contribution in [2.75, 3.05) is 18.9 Å². The quantitative estimate of drug-likeness (QED) is 0.839. The van der Waals surface area contributed by atoms with Crippen molar-refractivity contribution in [1.29, 1.82) is 0 Å². The van der Waals surface area contributed by atoms with Crippen LogP contribution in [0.5, 0.6) is 5.75 Å². The second-order valence-electron chi connectivity index (χ2n) is 3.48. The molecule has 0 bridgehead atoms. The predicted molar refractivity (Wildman–Crippen MR) is 65.4 cm³/mol. The number of amides is 1. The van der Waals surface area contributed by atoms with Crippen molar-refractivity contribution in [1.82, 2.24) is 5.32 Å². The molecular formula is C10H9Cl2F3N2O2. The standard InChI is InChI=1S/C10H9Cl2F3N2O2/c11-5-1-7(16)8(2-6(5)12)19-3-9(18)17-4-10(13,14)15/h1-2H,3-4,16H2,(H,17,18). The largest absolute Gasteiger partial charge is 0.482 e. The monoisotopic (exact) mass is 316 g/mol. The summed E-state index contributed by atoms with van der Waals surface area (Å²) in [5.74, 6) is -0.862. The molecule has 0 aliphatic carbocycles. The Morgan fingerprint density at radius 1 is 1.32 bits per heavy atom. The second kappa shape index (κ2) is 6.21. The molecule has 0 aliphatic heterocycles. The summed E-state index contributed by atoms with van der Waals surface area (Å²) in [5, 5.41) is 2.01. The molecule has 0 atom stereocenters. The molecule has 0 unspecified atom stereocenters. The predicted octanol–water partition coefficient (Wildman–Crippen LogP) is 2.63. The molecule has 0 aromatic heterocycles. The highest BCUT2D eigenvalue weighted by atomic mass is 35.5. The first kappa shape index (κ1) is 15.7. The number of hydrogen-bond acceptors (Lipinski definition) is 3. The summed E-state index contributed by atoms with van der Waals surface area (Å²) in [5.41, 5.74) is 5.66. The number of alkyl halides is 3. The smallest absolute Gasteiger partial charge is 0.405 e. The van der Waals surface area contributed by atoms with Crippen molar-refractivity contribution in [3.63, 3.8) is 0 Å². The molecule has 0 radical (unpaired) electrons. The average molecular weight is 317 g/mol. The Morgan fingerprint density at radius 3 is 2.47 bits per heavy atom. The van der Waals surface area contributed by atoms with Gasteiger partial charge in [0, 0.05) is 6.07 Å². The minimum Gasteiger partial charge on any atom is -0.482 e. The van der Waals surface area contributed by atoms with Crippen molar-refractivity contribution in [2.24, 2.45) is 0 Å². The Balaban J connectivity index is 2.53. The number of anilines is 1. The minimum absolute atomic E-state index is 0.0663. The molecule has 3 N–H and O–H groups in total. The summed E-state index contributed by atoms with van der Waals surface area (Å²) in [6.45, 7) is -2.04. The summed E-state index contributed by atoms with van der Waals surface area (Å²) in [7, 11) is 0. The van der Waals surface area contributed by atoms with Crippen LogP contribution in [0.3, 0.4) is 0 Å². The van der Waals surface area contributed by atoms with E-state index in [-0.39, 0.29) is 21.5 Å². The average Bonchev–Trinajstić information content (AvgIpc) is 2.28. The summed E-state index contributed by atoms with van der Waals surface area (Å²) in [6, 6.07) is 2.59. The molecular weight excluding hydrogens is 308 g/mol. The zero-order valence-electron chi connectivity index (χ0n) is 9.35. The Kier molecular flexibility index (Phi) is 5.13. The molecule has 0 heterocycles. The molecule has 4 nitrogen and oxygen atoms in total. The van der Waals surface area contributed by atoms with Crippen LogP contribution in [0.15, 0.2) is 12.1 Å². The van der Waals surface area contributed by atoms with E-state index in [4.69, 9.17) is 33.7 Å². The second-order valence-corrected chi connectivity index (χ2v) is 4.30. The van der Waals surface area contributed by atoms with Crippen molar-refractivity contribution in [3.8, 4) is 5.75 Å². The van der Waals surface area contributed by atoms with Crippen LogP contribution in [0, 0.1) is 0 Å². The maximum Gasteiger partial charge on any atom is 0.405 e. The van der Waals surface area contributed by atoms with Gasteiger partial charge in [0.25, 0.3) is 5.91 Å². The summed E-state index contributed by atoms with van der Waals surface area (Å²) in [4.78, 5) is 11.1. The Morgan fingerprint density at radius 2 is 1.89 bits per heavy atom. The molecule has 0 fully saturated rings. The van der Waals surface area contributed by atoms with E-state index in [0.29, 0.717) is 0 Å². The molecule has 0 aliphatic rings. The molecule has 106 valence electrons. The van der Waals surface area contributed by atoms with Crippen LogP contribution >= 0.6 is 23.2 Å². The van der Waals surface area contributed by atoms with Gasteiger partial charge in [-0.2, -0.15) is 13.2 Å². The molecule has 9 heteroatoms. The van der Waals surface area contributed by atoms with Gasteiger partial charge in [0.05, 0.1) is 15.7 Å². The first-order valence-electron chi connectivity index (χ1n) is 4.90. The molecule has 1 rings (SSSR count). The van der Waals surface area contributed by atoms with Crippen LogP contribution in [-0.4, -0.2) is 25.2 Å². The maximum atomic E-state index is 11.8. The summed E-state index contributed by atoms with van der Waals surface area (Å²) < 4.78 is 40.5.